The number of rotatable bonds is 8. The van der Waals surface area contributed by atoms with E-state index in [1.54, 1.807) is 0 Å². The number of carbonyl (C=O) groups is 1. The van der Waals surface area contributed by atoms with Crippen molar-refractivity contribution in [1.29, 1.82) is 0 Å². The summed E-state index contributed by atoms with van der Waals surface area (Å²) < 4.78 is 39.4. The molecule has 0 bridgehead atoms. The normalized spacial score (nSPS) is 12.5. The number of carbonyl (C=O) groups excluding carboxylic acids is 1. The van der Waals surface area contributed by atoms with Crippen LogP contribution in [-0.2, 0) is 14.8 Å². The topological polar surface area (TPSA) is 75.3 Å². The molecule has 0 saturated heterocycles. The summed E-state index contributed by atoms with van der Waals surface area (Å²) in [7, 11) is -3.58. The van der Waals surface area contributed by atoms with Gasteiger partial charge in [0, 0.05) is 6.42 Å². The van der Waals surface area contributed by atoms with Gasteiger partial charge in [0.1, 0.15) is 5.82 Å². The summed E-state index contributed by atoms with van der Waals surface area (Å²) in [6.07, 6.45) is 0.896. The number of hydrogen-bond donors (Lipinski definition) is 2. The van der Waals surface area contributed by atoms with E-state index < -0.39 is 21.9 Å². The maximum atomic E-state index is 13.3. The van der Waals surface area contributed by atoms with Crippen molar-refractivity contribution in [3.05, 3.63) is 107 Å². The fourth-order valence-electron chi connectivity index (χ4n) is 3.24. The Morgan fingerprint density at radius 2 is 1.33 bits per heavy atom. The fraction of sp³-hybridized carbons (Fsp3) is 0.174. The first-order chi connectivity index (χ1) is 14.3. The van der Waals surface area contributed by atoms with Gasteiger partial charge in [0.05, 0.1) is 18.3 Å². The molecule has 1 amide bonds. The Labute approximate surface area is 176 Å². The van der Waals surface area contributed by atoms with Crippen molar-refractivity contribution >= 4 is 15.9 Å². The standard InChI is InChI=1S/C23H23FN2O3S/c1-30(28,29)26-21(17-12-14-20(24)15-13-17)16-22(27)25-23(18-8-4-2-5-9-18)19-10-6-3-7-11-19/h2-15,21,23,26H,16H2,1H3,(H,25,27). The molecule has 0 spiro atoms. The van der Waals surface area contributed by atoms with Crippen LogP contribution in [0.3, 0.4) is 0 Å². The first-order valence-electron chi connectivity index (χ1n) is 9.44. The fourth-order valence-corrected chi connectivity index (χ4v) is 3.97. The summed E-state index contributed by atoms with van der Waals surface area (Å²) in [5.41, 5.74) is 2.32. The van der Waals surface area contributed by atoms with Crippen molar-refractivity contribution in [3.8, 4) is 0 Å². The van der Waals surface area contributed by atoms with Crippen LogP contribution in [0.25, 0.3) is 0 Å². The lowest BCUT2D eigenvalue weighted by atomic mass is 9.98. The van der Waals surface area contributed by atoms with Crippen LogP contribution in [0.5, 0.6) is 0 Å². The molecule has 0 aliphatic heterocycles. The van der Waals surface area contributed by atoms with Crippen molar-refractivity contribution in [1.82, 2.24) is 10.0 Å². The van der Waals surface area contributed by atoms with Crippen LogP contribution in [-0.4, -0.2) is 20.6 Å². The average Bonchev–Trinajstić information content (AvgIpc) is 2.72. The van der Waals surface area contributed by atoms with Gasteiger partial charge in [0.2, 0.25) is 15.9 Å². The Balaban J connectivity index is 1.84. The third kappa shape index (κ3) is 6.23. The van der Waals surface area contributed by atoms with Crippen molar-refractivity contribution in [3.63, 3.8) is 0 Å². The second-order valence-corrected chi connectivity index (χ2v) is 8.80. The van der Waals surface area contributed by atoms with Crippen LogP contribution in [0.4, 0.5) is 4.39 Å². The summed E-state index contributed by atoms with van der Waals surface area (Å²) in [6, 6.07) is 23.3. The van der Waals surface area contributed by atoms with Crippen LogP contribution in [0.15, 0.2) is 84.9 Å². The first kappa shape index (κ1) is 21.7. The molecule has 30 heavy (non-hydrogen) atoms. The highest BCUT2D eigenvalue weighted by molar-refractivity contribution is 7.88. The number of nitrogens with one attached hydrogen (secondary N) is 2. The van der Waals surface area contributed by atoms with E-state index in [2.05, 4.69) is 10.0 Å². The van der Waals surface area contributed by atoms with Gasteiger partial charge in [-0.25, -0.2) is 17.5 Å². The molecule has 0 radical (unpaired) electrons. The van der Waals surface area contributed by atoms with E-state index in [0.717, 1.165) is 17.4 Å². The molecule has 3 aromatic carbocycles. The molecule has 5 nitrogen and oxygen atoms in total. The third-order valence-electron chi connectivity index (χ3n) is 4.59. The number of halogens is 1. The molecule has 3 rings (SSSR count). The zero-order chi connectivity index (χ0) is 21.6. The molecular weight excluding hydrogens is 403 g/mol. The van der Waals surface area contributed by atoms with Crippen LogP contribution in [0.2, 0.25) is 0 Å². The summed E-state index contributed by atoms with van der Waals surface area (Å²) in [5.74, 6) is -0.771. The molecule has 0 heterocycles. The SMILES string of the molecule is CS(=O)(=O)NC(CC(=O)NC(c1ccccc1)c1ccccc1)c1ccc(F)cc1. The maximum Gasteiger partial charge on any atom is 0.222 e. The number of sulfonamides is 1. The van der Waals surface area contributed by atoms with Crippen LogP contribution in [0, 0.1) is 5.82 Å². The smallest absolute Gasteiger partial charge is 0.222 e. The van der Waals surface area contributed by atoms with Crippen LogP contribution < -0.4 is 10.0 Å². The lowest BCUT2D eigenvalue weighted by molar-refractivity contribution is -0.122. The quantitative estimate of drug-likeness (QED) is 0.577. The average molecular weight is 427 g/mol. The number of hydrogen-bond acceptors (Lipinski definition) is 3. The predicted octanol–water partition coefficient (Wildman–Crippen LogP) is 3.71. The van der Waals surface area contributed by atoms with Gasteiger partial charge in [-0.2, -0.15) is 0 Å². The number of benzene rings is 3. The van der Waals surface area contributed by atoms with Gasteiger partial charge in [-0.05, 0) is 28.8 Å². The van der Waals surface area contributed by atoms with Crippen LogP contribution >= 0.6 is 0 Å². The highest BCUT2D eigenvalue weighted by Gasteiger charge is 2.23. The Kier molecular flexibility index (Phi) is 6.97. The van der Waals surface area contributed by atoms with Gasteiger partial charge in [0.15, 0.2) is 0 Å². The molecule has 0 fully saturated rings. The van der Waals surface area contributed by atoms with Crippen molar-refractivity contribution < 1.29 is 17.6 Å². The molecule has 1 atom stereocenters. The summed E-state index contributed by atoms with van der Waals surface area (Å²) >= 11 is 0. The molecular formula is C23H23FN2O3S. The van der Waals surface area contributed by atoms with E-state index in [1.807, 2.05) is 60.7 Å². The second-order valence-electron chi connectivity index (χ2n) is 7.02. The molecule has 1 unspecified atom stereocenters. The highest BCUT2D eigenvalue weighted by atomic mass is 32.2. The zero-order valence-electron chi connectivity index (χ0n) is 16.5. The molecule has 0 aliphatic carbocycles. The van der Waals surface area contributed by atoms with Gasteiger partial charge in [0.25, 0.3) is 0 Å². The first-order valence-corrected chi connectivity index (χ1v) is 11.3. The Morgan fingerprint density at radius 1 is 0.833 bits per heavy atom. The molecule has 0 saturated carbocycles. The summed E-state index contributed by atoms with van der Waals surface area (Å²) in [5, 5.41) is 3.00. The minimum absolute atomic E-state index is 0.130. The summed E-state index contributed by atoms with van der Waals surface area (Å²) in [4.78, 5) is 12.9. The molecule has 2 N–H and O–H groups in total. The van der Waals surface area contributed by atoms with E-state index in [1.165, 1.54) is 24.3 Å². The molecule has 3 aromatic rings. The Morgan fingerprint density at radius 3 is 1.80 bits per heavy atom. The Bertz CT molecular complexity index is 1030. The minimum atomic E-state index is -3.58. The highest BCUT2D eigenvalue weighted by Crippen LogP contribution is 2.24. The van der Waals surface area contributed by atoms with E-state index in [9.17, 15) is 17.6 Å². The summed E-state index contributed by atoms with van der Waals surface area (Å²) in [6.45, 7) is 0. The van der Waals surface area contributed by atoms with Gasteiger partial charge in [-0.15, -0.1) is 0 Å². The molecule has 0 aliphatic rings. The molecule has 156 valence electrons. The van der Waals surface area contributed by atoms with Crippen molar-refractivity contribution in [2.75, 3.05) is 6.26 Å². The zero-order valence-corrected chi connectivity index (χ0v) is 17.3. The van der Waals surface area contributed by atoms with E-state index in [0.29, 0.717) is 5.56 Å². The molecule has 7 heteroatoms. The van der Waals surface area contributed by atoms with E-state index in [4.69, 9.17) is 0 Å². The lowest BCUT2D eigenvalue weighted by Crippen LogP contribution is -2.35. The predicted molar refractivity (Wildman–Crippen MR) is 115 cm³/mol. The largest absolute Gasteiger partial charge is 0.345 e. The van der Waals surface area contributed by atoms with Gasteiger partial charge >= 0.3 is 0 Å². The Hall–Kier alpha value is -3.03. The van der Waals surface area contributed by atoms with Gasteiger partial charge in [-0.3, -0.25) is 4.79 Å². The maximum absolute atomic E-state index is 13.3. The monoisotopic (exact) mass is 426 g/mol. The second kappa shape index (κ2) is 9.65. The van der Waals surface area contributed by atoms with Crippen molar-refractivity contribution in [2.45, 2.75) is 18.5 Å². The van der Waals surface area contributed by atoms with E-state index >= 15 is 0 Å². The third-order valence-corrected chi connectivity index (χ3v) is 5.30. The lowest BCUT2D eigenvalue weighted by Gasteiger charge is -2.22. The van der Waals surface area contributed by atoms with Gasteiger partial charge in [-0.1, -0.05) is 72.8 Å². The van der Waals surface area contributed by atoms with Crippen LogP contribution in [0.1, 0.15) is 35.2 Å². The molecule has 0 aromatic heterocycles. The number of amides is 1. The van der Waals surface area contributed by atoms with Crippen molar-refractivity contribution in [2.24, 2.45) is 0 Å². The van der Waals surface area contributed by atoms with E-state index in [-0.39, 0.29) is 18.4 Å². The minimum Gasteiger partial charge on any atom is -0.345 e. The van der Waals surface area contributed by atoms with Gasteiger partial charge < -0.3 is 5.32 Å².